The summed E-state index contributed by atoms with van der Waals surface area (Å²) in [7, 11) is 0. The Morgan fingerprint density at radius 3 is 2.60 bits per heavy atom. The lowest BCUT2D eigenvalue weighted by Gasteiger charge is -2.07. The molecule has 0 spiro atoms. The average molecular weight is 298 g/mol. The summed E-state index contributed by atoms with van der Waals surface area (Å²) in [6, 6.07) is 7.37. The van der Waals surface area contributed by atoms with E-state index in [1.54, 1.807) is 0 Å². The Balaban J connectivity index is 2.06. The molecule has 0 heterocycles. The molecule has 3 nitrogen and oxygen atoms in total. The average Bonchev–Trinajstić information content (AvgIpc) is 2.40. The second kappa shape index (κ2) is 5.88. The Morgan fingerprint density at radius 2 is 1.95 bits per heavy atom. The van der Waals surface area contributed by atoms with Gasteiger partial charge in [0.25, 0.3) is 0 Å². The number of carbonyl (C=O) groups is 1. The molecule has 2 aromatic rings. The lowest BCUT2D eigenvalue weighted by molar-refractivity contribution is 0.0474. The summed E-state index contributed by atoms with van der Waals surface area (Å²) in [4.78, 5) is 11.8. The summed E-state index contributed by atoms with van der Waals surface area (Å²) in [5.74, 6) is -1.78. The van der Waals surface area contributed by atoms with Gasteiger partial charge in [-0.15, -0.1) is 0 Å². The molecule has 2 aromatic carbocycles. The number of anilines is 1. The van der Waals surface area contributed by atoms with Gasteiger partial charge in [0.1, 0.15) is 18.2 Å². The minimum absolute atomic E-state index is 0.00728. The van der Waals surface area contributed by atoms with Gasteiger partial charge < -0.3 is 10.5 Å². The fourth-order valence-electron chi connectivity index (χ4n) is 1.58. The summed E-state index contributed by atoms with van der Waals surface area (Å²) in [6.45, 7) is -0.0876. The first-order valence-corrected chi connectivity index (χ1v) is 6.01. The molecule has 2 N–H and O–H groups in total. The van der Waals surface area contributed by atoms with Crippen LogP contribution in [-0.2, 0) is 11.3 Å². The van der Waals surface area contributed by atoms with E-state index in [0.29, 0.717) is 5.56 Å². The van der Waals surface area contributed by atoms with E-state index in [-0.39, 0.29) is 22.9 Å². The van der Waals surface area contributed by atoms with Crippen LogP contribution in [0.25, 0.3) is 0 Å². The maximum absolute atomic E-state index is 13.0. The SMILES string of the molecule is Nc1cc(F)ccc1C(=O)OCc1ccc(F)c(Cl)c1. The minimum atomic E-state index is -0.692. The number of hydrogen-bond acceptors (Lipinski definition) is 3. The van der Waals surface area contributed by atoms with E-state index in [2.05, 4.69) is 0 Å². The van der Waals surface area contributed by atoms with Crippen molar-refractivity contribution in [2.24, 2.45) is 0 Å². The first-order chi connectivity index (χ1) is 9.47. The van der Waals surface area contributed by atoms with Crippen molar-refractivity contribution in [1.29, 1.82) is 0 Å². The van der Waals surface area contributed by atoms with Crippen molar-refractivity contribution in [2.75, 3.05) is 5.73 Å². The molecule has 0 radical (unpaired) electrons. The van der Waals surface area contributed by atoms with E-state index in [1.807, 2.05) is 0 Å². The Kier molecular flexibility index (Phi) is 4.20. The molecule has 0 saturated heterocycles. The zero-order valence-corrected chi connectivity index (χ0v) is 11.0. The number of carbonyl (C=O) groups excluding carboxylic acids is 1. The maximum Gasteiger partial charge on any atom is 0.340 e. The largest absolute Gasteiger partial charge is 0.457 e. The maximum atomic E-state index is 13.0. The Hall–Kier alpha value is -2.14. The second-order valence-corrected chi connectivity index (χ2v) is 4.46. The van der Waals surface area contributed by atoms with Gasteiger partial charge in [-0.2, -0.15) is 0 Å². The van der Waals surface area contributed by atoms with E-state index < -0.39 is 17.6 Å². The van der Waals surface area contributed by atoms with Gasteiger partial charge in [0.2, 0.25) is 0 Å². The van der Waals surface area contributed by atoms with Crippen molar-refractivity contribution in [2.45, 2.75) is 6.61 Å². The van der Waals surface area contributed by atoms with Gasteiger partial charge in [-0.1, -0.05) is 17.7 Å². The smallest absolute Gasteiger partial charge is 0.340 e. The molecule has 0 aromatic heterocycles. The third kappa shape index (κ3) is 3.24. The minimum Gasteiger partial charge on any atom is -0.457 e. The van der Waals surface area contributed by atoms with E-state index in [1.165, 1.54) is 24.3 Å². The number of halogens is 3. The van der Waals surface area contributed by atoms with Gasteiger partial charge in [-0.25, -0.2) is 13.6 Å². The molecule has 0 atom stereocenters. The van der Waals surface area contributed by atoms with Crippen molar-refractivity contribution in [1.82, 2.24) is 0 Å². The van der Waals surface area contributed by atoms with Crippen LogP contribution < -0.4 is 5.73 Å². The predicted molar refractivity (Wildman–Crippen MR) is 71.3 cm³/mol. The number of hydrogen-bond donors (Lipinski definition) is 1. The summed E-state index contributed by atoms with van der Waals surface area (Å²) in [5.41, 5.74) is 6.12. The van der Waals surface area contributed by atoms with E-state index >= 15 is 0 Å². The third-order valence-electron chi connectivity index (χ3n) is 2.59. The van der Waals surface area contributed by atoms with Crippen LogP contribution in [0, 0.1) is 11.6 Å². The standard InChI is InChI=1S/C14H10ClF2NO2/c15-11-5-8(1-4-12(11)17)7-20-14(19)10-3-2-9(16)6-13(10)18/h1-6H,7,18H2. The van der Waals surface area contributed by atoms with Crippen LogP contribution in [-0.4, -0.2) is 5.97 Å². The molecule has 2 rings (SSSR count). The molecule has 0 saturated carbocycles. The summed E-state index contributed by atoms with van der Waals surface area (Å²) in [5, 5.41) is -0.0557. The number of esters is 1. The van der Waals surface area contributed by atoms with Crippen LogP contribution in [0.2, 0.25) is 5.02 Å². The van der Waals surface area contributed by atoms with Crippen molar-refractivity contribution in [3.05, 3.63) is 64.2 Å². The lowest BCUT2D eigenvalue weighted by atomic mass is 10.2. The van der Waals surface area contributed by atoms with Crippen LogP contribution in [0.15, 0.2) is 36.4 Å². The topological polar surface area (TPSA) is 52.3 Å². The van der Waals surface area contributed by atoms with Crippen molar-refractivity contribution < 1.29 is 18.3 Å². The predicted octanol–water partition coefficient (Wildman–Crippen LogP) is 3.56. The van der Waals surface area contributed by atoms with Gasteiger partial charge in [-0.05, 0) is 35.9 Å². The molecule has 0 aliphatic heterocycles. The van der Waals surface area contributed by atoms with Crippen LogP contribution in [0.3, 0.4) is 0 Å². The van der Waals surface area contributed by atoms with Crippen molar-refractivity contribution in [3.8, 4) is 0 Å². The first-order valence-electron chi connectivity index (χ1n) is 5.63. The summed E-state index contributed by atoms with van der Waals surface area (Å²) in [6.07, 6.45) is 0. The van der Waals surface area contributed by atoms with Crippen LogP contribution >= 0.6 is 11.6 Å². The molecule has 0 amide bonds. The van der Waals surface area contributed by atoms with Crippen molar-refractivity contribution >= 4 is 23.3 Å². The zero-order chi connectivity index (χ0) is 14.7. The van der Waals surface area contributed by atoms with E-state index in [4.69, 9.17) is 22.1 Å². The summed E-state index contributed by atoms with van der Waals surface area (Å²) < 4.78 is 30.8. The molecular weight excluding hydrogens is 288 g/mol. The molecular formula is C14H10ClF2NO2. The van der Waals surface area contributed by atoms with Crippen LogP contribution in [0.1, 0.15) is 15.9 Å². The van der Waals surface area contributed by atoms with Gasteiger partial charge in [-0.3, -0.25) is 0 Å². The van der Waals surface area contributed by atoms with E-state index in [9.17, 15) is 13.6 Å². The Bertz CT molecular complexity index is 662. The van der Waals surface area contributed by atoms with E-state index in [0.717, 1.165) is 12.1 Å². The van der Waals surface area contributed by atoms with Gasteiger partial charge in [0.05, 0.1) is 10.6 Å². The molecule has 0 bridgehead atoms. The number of benzene rings is 2. The number of rotatable bonds is 3. The monoisotopic (exact) mass is 297 g/mol. The van der Waals surface area contributed by atoms with Gasteiger partial charge in [0, 0.05) is 5.69 Å². The Morgan fingerprint density at radius 1 is 1.20 bits per heavy atom. The fourth-order valence-corrected chi connectivity index (χ4v) is 1.78. The molecule has 0 unspecified atom stereocenters. The number of ether oxygens (including phenoxy) is 1. The zero-order valence-electron chi connectivity index (χ0n) is 10.2. The Labute approximate surface area is 118 Å². The quantitative estimate of drug-likeness (QED) is 0.696. The van der Waals surface area contributed by atoms with Gasteiger partial charge >= 0.3 is 5.97 Å². The second-order valence-electron chi connectivity index (χ2n) is 4.06. The highest BCUT2D eigenvalue weighted by Crippen LogP contribution is 2.18. The number of nitrogen functional groups attached to an aromatic ring is 1. The fraction of sp³-hybridized carbons (Fsp3) is 0.0714. The summed E-state index contributed by atoms with van der Waals surface area (Å²) >= 11 is 5.61. The highest BCUT2D eigenvalue weighted by molar-refractivity contribution is 6.30. The highest BCUT2D eigenvalue weighted by atomic mass is 35.5. The first kappa shape index (κ1) is 14.3. The third-order valence-corrected chi connectivity index (χ3v) is 2.88. The highest BCUT2D eigenvalue weighted by Gasteiger charge is 2.12. The molecule has 0 aliphatic rings. The lowest BCUT2D eigenvalue weighted by Crippen LogP contribution is -2.08. The normalized spacial score (nSPS) is 10.3. The molecule has 0 aliphatic carbocycles. The molecule has 0 fully saturated rings. The number of nitrogens with two attached hydrogens (primary N) is 1. The molecule has 20 heavy (non-hydrogen) atoms. The van der Waals surface area contributed by atoms with Crippen LogP contribution in [0.5, 0.6) is 0 Å². The van der Waals surface area contributed by atoms with Crippen molar-refractivity contribution in [3.63, 3.8) is 0 Å². The van der Waals surface area contributed by atoms with Gasteiger partial charge in [0.15, 0.2) is 0 Å². The molecule has 6 heteroatoms. The van der Waals surface area contributed by atoms with Crippen LogP contribution in [0.4, 0.5) is 14.5 Å². The molecule has 104 valence electrons.